The highest BCUT2D eigenvalue weighted by Crippen LogP contribution is 2.28. The van der Waals surface area contributed by atoms with E-state index in [0.29, 0.717) is 11.6 Å². The van der Waals surface area contributed by atoms with Crippen LogP contribution in [0.15, 0.2) is 103 Å². The zero-order valence-corrected chi connectivity index (χ0v) is 17.6. The smallest absolute Gasteiger partial charge is 0.253 e. The van der Waals surface area contributed by atoms with Gasteiger partial charge in [-0.1, -0.05) is 84.3 Å². The molecule has 0 radical (unpaired) electrons. The van der Waals surface area contributed by atoms with Crippen molar-refractivity contribution in [2.24, 2.45) is 0 Å². The van der Waals surface area contributed by atoms with Crippen molar-refractivity contribution in [1.82, 2.24) is 19.6 Å². The second kappa shape index (κ2) is 7.03. The van der Waals surface area contributed by atoms with E-state index in [2.05, 4.69) is 58.5 Å². The van der Waals surface area contributed by atoms with Crippen LogP contribution >= 0.6 is 0 Å². The third-order valence-electron chi connectivity index (χ3n) is 6.20. The van der Waals surface area contributed by atoms with E-state index >= 15 is 0 Å². The number of rotatable bonds is 2. The topological polar surface area (TPSA) is 52.3 Å². The average Bonchev–Trinajstić information content (AvgIpc) is 3.29. The van der Waals surface area contributed by atoms with Crippen LogP contribution < -0.4 is 21.1 Å². The maximum Gasteiger partial charge on any atom is 0.253 e. The molecule has 0 spiro atoms. The molecule has 3 heterocycles. The number of para-hydroxylation sites is 2. The third kappa shape index (κ3) is 2.92. The summed E-state index contributed by atoms with van der Waals surface area (Å²) in [4.78, 5) is 9.34. The molecule has 7 rings (SSSR count). The standard InChI is InChI=1S/C27H17BN4O/c1-2-9-20(10-3-1)28-21-11-5-7-13-24(21)33-25-16-18(14-15-22(25)28)26-30-27-29-23-12-6-4-8-19(23)17-32(27)31-26/h1-17H. The van der Waals surface area contributed by atoms with Gasteiger partial charge in [0.15, 0.2) is 5.82 Å². The summed E-state index contributed by atoms with van der Waals surface area (Å²) in [6.45, 7) is 0.112. The van der Waals surface area contributed by atoms with Crippen LogP contribution in [0.2, 0.25) is 0 Å². The minimum absolute atomic E-state index is 0.112. The second-order valence-electron chi connectivity index (χ2n) is 8.22. The number of nitrogens with zero attached hydrogens (tertiary/aromatic N) is 4. The summed E-state index contributed by atoms with van der Waals surface area (Å²) in [5.74, 6) is 2.91. The number of hydrogen-bond donors (Lipinski definition) is 0. The van der Waals surface area contributed by atoms with Gasteiger partial charge < -0.3 is 4.74 Å². The summed E-state index contributed by atoms with van der Waals surface area (Å²) in [5, 5.41) is 5.72. The van der Waals surface area contributed by atoms with Gasteiger partial charge in [-0.05, 0) is 29.1 Å². The number of hydrogen-bond acceptors (Lipinski definition) is 4. The van der Waals surface area contributed by atoms with Gasteiger partial charge in [0.2, 0.25) is 0 Å². The molecule has 33 heavy (non-hydrogen) atoms. The van der Waals surface area contributed by atoms with Crippen LogP contribution in [0.5, 0.6) is 11.5 Å². The Morgan fingerprint density at radius 1 is 0.697 bits per heavy atom. The van der Waals surface area contributed by atoms with E-state index in [9.17, 15) is 0 Å². The molecular weight excluding hydrogens is 407 g/mol. The highest BCUT2D eigenvalue weighted by molar-refractivity contribution is 6.96. The molecule has 0 fully saturated rings. The quantitative estimate of drug-likeness (QED) is 0.399. The average molecular weight is 424 g/mol. The number of aromatic nitrogens is 4. The molecule has 6 aromatic rings. The van der Waals surface area contributed by atoms with Crippen molar-refractivity contribution in [2.75, 3.05) is 0 Å². The Balaban J connectivity index is 1.37. The van der Waals surface area contributed by atoms with Crippen LogP contribution in [0.1, 0.15) is 0 Å². The number of benzene rings is 4. The number of fused-ring (bicyclic) bond motifs is 4. The molecule has 0 saturated carbocycles. The van der Waals surface area contributed by atoms with Gasteiger partial charge in [0.1, 0.15) is 11.5 Å². The van der Waals surface area contributed by atoms with E-state index in [-0.39, 0.29) is 6.71 Å². The van der Waals surface area contributed by atoms with Crippen LogP contribution in [0.3, 0.4) is 0 Å². The Morgan fingerprint density at radius 2 is 1.48 bits per heavy atom. The van der Waals surface area contributed by atoms with E-state index in [4.69, 9.17) is 9.84 Å². The molecule has 0 N–H and O–H groups in total. The lowest BCUT2D eigenvalue weighted by Gasteiger charge is -2.26. The Bertz CT molecular complexity index is 1610. The first-order valence-corrected chi connectivity index (χ1v) is 10.9. The van der Waals surface area contributed by atoms with Gasteiger partial charge in [0, 0.05) is 17.1 Å². The molecule has 0 aliphatic carbocycles. The van der Waals surface area contributed by atoms with Crippen molar-refractivity contribution >= 4 is 39.8 Å². The summed E-state index contributed by atoms with van der Waals surface area (Å²) < 4.78 is 8.09. The molecule has 2 aromatic heterocycles. The van der Waals surface area contributed by atoms with Crippen molar-refractivity contribution < 1.29 is 4.74 Å². The minimum Gasteiger partial charge on any atom is -0.458 e. The van der Waals surface area contributed by atoms with Gasteiger partial charge in [-0.2, -0.15) is 4.98 Å². The molecule has 0 atom stereocenters. The molecule has 0 amide bonds. The molecule has 0 unspecified atom stereocenters. The largest absolute Gasteiger partial charge is 0.458 e. The van der Waals surface area contributed by atoms with Crippen molar-refractivity contribution in [3.63, 3.8) is 0 Å². The van der Waals surface area contributed by atoms with Crippen LogP contribution in [0, 0.1) is 0 Å². The monoisotopic (exact) mass is 424 g/mol. The van der Waals surface area contributed by atoms with Crippen LogP contribution in [-0.4, -0.2) is 26.3 Å². The summed E-state index contributed by atoms with van der Waals surface area (Å²) >= 11 is 0. The predicted octanol–water partition coefficient (Wildman–Crippen LogP) is 3.57. The van der Waals surface area contributed by atoms with Crippen molar-refractivity contribution in [1.29, 1.82) is 0 Å². The predicted molar refractivity (Wildman–Crippen MR) is 131 cm³/mol. The molecule has 154 valence electrons. The third-order valence-corrected chi connectivity index (χ3v) is 6.20. The zero-order valence-electron chi connectivity index (χ0n) is 17.6. The fraction of sp³-hybridized carbons (Fsp3) is 0. The molecule has 1 aliphatic rings. The van der Waals surface area contributed by atoms with Crippen LogP contribution in [0.25, 0.3) is 28.1 Å². The first-order valence-electron chi connectivity index (χ1n) is 10.9. The summed E-state index contributed by atoms with van der Waals surface area (Å²) in [7, 11) is 0. The van der Waals surface area contributed by atoms with Crippen molar-refractivity contribution in [3.8, 4) is 22.9 Å². The highest BCUT2D eigenvalue weighted by Gasteiger charge is 2.32. The van der Waals surface area contributed by atoms with Crippen LogP contribution in [0.4, 0.5) is 0 Å². The lowest BCUT2D eigenvalue weighted by atomic mass is 9.36. The molecule has 6 heteroatoms. The van der Waals surface area contributed by atoms with Gasteiger partial charge in [-0.15, -0.1) is 5.10 Å². The van der Waals surface area contributed by atoms with Gasteiger partial charge >= 0.3 is 0 Å². The lowest BCUT2D eigenvalue weighted by molar-refractivity contribution is 0.487. The normalized spacial score (nSPS) is 12.4. The Labute approximate surface area is 190 Å². The van der Waals surface area contributed by atoms with Gasteiger partial charge in [-0.3, -0.25) is 0 Å². The summed E-state index contributed by atoms with van der Waals surface area (Å²) in [6, 6.07) is 33.0. The molecule has 0 saturated heterocycles. The van der Waals surface area contributed by atoms with Gasteiger partial charge in [0.25, 0.3) is 12.5 Å². The Kier molecular flexibility index (Phi) is 3.87. The van der Waals surface area contributed by atoms with E-state index in [1.807, 2.05) is 54.7 Å². The Hall–Kier alpha value is -4.45. The fourth-order valence-electron chi connectivity index (χ4n) is 4.64. The van der Waals surface area contributed by atoms with E-state index < -0.39 is 0 Å². The molecule has 5 nitrogen and oxygen atoms in total. The van der Waals surface area contributed by atoms with Crippen LogP contribution in [-0.2, 0) is 0 Å². The SMILES string of the molecule is c1ccc(B2c3ccccc3Oc3cc(-c4nc5nc6ccccc6cn5n4)ccc32)cc1. The van der Waals surface area contributed by atoms with E-state index in [0.717, 1.165) is 33.4 Å². The first-order chi connectivity index (χ1) is 16.3. The molecule has 1 aliphatic heterocycles. The molecule has 0 bridgehead atoms. The lowest BCUT2D eigenvalue weighted by Crippen LogP contribution is -2.54. The van der Waals surface area contributed by atoms with Crippen molar-refractivity contribution in [3.05, 3.63) is 103 Å². The maximum absolute atomic E-state index is 6.35. The molecule has 4 aromatic carbocycles. The van der Waals surface area contributed by atoms with Gasteiger partial charge in [0.05, 0.1) is 5.52 Å². The summed E-state index contributed by atoms with van der Waals surface area (Å²) in [6.07, 6.45) is 1.96. The van der Waals surface area contributed by atoms with Gasteiger partial charge in [-0.25, -0.2) is 9.50 Å². The minimum atomic E-state index is 0.112. The van der Waals surface area contributed by atoms with E-state index in [1.165, 1.54) is 10.9 Å². The maximum atomic E-state index is 6.35. The summed E-state index contributed by atoms with van der Waals surface area (Å²) in [5.41, 5.74) is 5.35. The fourth-order valence-corrected chi connectivity index (χ4v) is 4.64. The zero-order chi connectivity index (χ0) is 21.8. The Morgan fingerprint density at radius 3 is 2.42 bits per heavy atom. The first kappa shape index (κ1) is 18.2. The second-order valence-corrected chi connectivity index (χ2v) is 8.22. The van der Waals surface area contributed by atoms with Crippen molar-refractivity contribution in [2.45, 2.75) is 0 Å². The number of ether oxygens (including phenoxy) is 1. The molecular formula is C27H17BN4O. The highest BCUT2D eigenvalue weighted by atomic mass is 16.5. The van der Waals surface area contributed by atoms with E-state index in [1.54, 1.807) is 4.52 Å².